The Morgan fingerprint density at radius 3 is 3.00 bits per heavy atom. The fourth-order valence-electron chi connectivity index (χ4n) is 2.42. The number of benzene rings is 1. The average molecular weight is 272 g/mol. The van der Waals surface area contributed by atoms with E-state index < -0.39 is 0 Å². The Morgan fingerprint density at radius 1 is 1.50 bits per heavy atom. The van der Waals surface area contributed by atoms with Crippen molar-refractivity contribution in [2.45, 2.75) is 31.7 Å². The van der Waals surface area contributed by atoms with E-state index in [1.165, 1.54) is 6.07 Å². The third-order valence-electron chi connectivity index (χ3n) is 3.29. The highest BCUT2D eigenvalue weighted by molar-refractivity contribution is 6.17. The summed E-state index contributed by atoms with van der Waals surface area (Å²) in [6.45, 7) is 4.37. The number of hydrogen-bond acceptors (Lipinski definition) is 2. The molecule has 18 heavy (non-hydrogen) atoms. The van der Waals surface area contributed by atoms with E-state index in [1.54, 1.807) is 0 Å². The molecule has 4 heteroatoms. The van der Waals surface area contributed by atoms with Gasteiger partial charge < -0.3 is 9.64 Å². The van der Waals surface area contributed by atoms with Gasteiger partial charge in [-0.1, -0.05) is 6.07 Å². The predicted molar refractivity (Wildman–Crippen MR) is 72.8 cm³/mol. The van der Waals surface area contributed by atoms with E-state index in [2.05, 4.69) is 4.90 Å². The highest BCUT2D eigenvalue weighted by Gasteiger charge is 2.22. The maximum absolute atomic E-state index is 14.0. The molecule has 1 atom stereocenters. The Kier molecular flexibility index (Phi) is 4.84. The van der Waals surface area contributed by atoms with E-state index in [-0.39, 0.29) is 11.9 Å². The average Bonchev–Trinajstić information content (AvgIpc) is 2.39. The van der Waals surface area contributed by atoms with Gasteiger partial charge in [-0.25, -0.2) is 4.39 Å². The van der Waals surface area contributed by atoms with Crippen LogP contribution in [0.2, 0.25) is 0 Å². The van der Waals surface area contributed by atoms with E-state index in [0.717, 1.165) is 31.5 Å². The number of halogens is 2. The second-order valence-corrected chi connectivity index (χ2v) is 4.85. The molecule has 2 rings (SSSR count). The SMILES string of the molecule is CCOC1CCCN(c2ccc(CCl)cc2F)C1. The monoisotopic (exact) mass is 271 g/mol. The minimum absolute atomic E-state index is 0.190. The van der Waals surface area contributed by atoms with Gasteiger partial charge >= 0.3 is 0 Å². The maximum Gasteiger partial charge on any atom is 0.146 e. The van der Waals surface area contributed by atoms with Crippen LogP contribution in [0.3, 0.4) is 0 Å². The van der Waals surface area contributed by atoms with Crippen molar-refractivity contribution in [2.24, 2.45) is 0 Å². The molecular formula is C14H19ClFNO. The molecule has 0 saturated carbocycles. The molecule has 0 radical (unpaired) electrons. The van der Waals surface area contributed by atoms with Crippen LogP contribution in [0.25, 0.3) is 0 Å². The first-order valence-corrected chi connectivity index (χ1v) is 6.99. The zero-order chi connectivity index (χ0) is 13.0. The third kappa shape index (κ3) is 3.15. The van der Waals surface area contributed by atoms with Gasteiger partial charge in [0, 0.05) is 25.6 Å². The van der Waals surface area contributed by atoms with E-state index in [9.17, 15) is 4.39 Å². The van der Waals surface area contributed by atoms with Crippen molar-refractivity contribution in [3.8, 4) is 0 Å². The fraction of sp³-hybridized carbons (Fsp3) is 0.571. The Bertz CT molecular complexity index is 397. The van der Waals surface area contributed by atoms with Crippen molar-refractivity contribution in [3.63, 3.8) is 0 Å². The van der Waals surface area contributed by atoms with Gasteiger partial charge in [0.25, 0.3) is 0 Å². The Labute approximate surface area is 113 Å². The van der Waals surface area contributed by atoms with Crippen LogP contribution in [-0.4, -0.2) is 25.8 Å². The molecule has 0 spiro atoms. The summed E-state index contributed by atoms with van der Waals surface area (Å²) >= 11 is 5.70. The largest absolute Gasteiger partial charge is 0.377 e. The van der Waals surface area contributed by atoms with Crippen molar-refractivity contribution >= 4 is 17.3 Å². The first-order chi connectivity index (χ1) is 8.74. The Balaban J connectivity index is 2.10. The van der Waals surface area contributed by atoms with Gasteiger partial charge in [0.05, 0.1) is 11.8 Å². The first-order valence-electron chi connectivity index (χ1n) is 6.45. The van der Waals surface area contributed by atoms with E-state index >= 15 is 0 Å². The molecule has 2 nitrogen and oxygen atoms in total. The number of anilines is 1. The van der Waals surface area contributed by atoms with Crippen molar-refractivity contribution < 1.29 is 9.13 Å². The molecule has 1 unspecified atom stereocenters. The van der Waals surface area contributed by atoms with Crippen LogP contribution >= 0.6 is 11.6 Å². The molecule has 100 valence electrons. The lowest BCUT2D eigenvalue weighted by Crippen LogP contribution is -2.40. The molecule has 1 fully saturated rings. The van der Waals surface area contributed by atoms with Gasteiger partial charge in [-0.15, -0.1) is 11.6 Å². The minimum atomic E-state index is -0.190. The zero-order valence-corrected chi connectivity index (χ0v) is 11.4. The standard InChI is InChI=1S/C14H19ClFNO/c1-2-18-12-4-3-7-17(10-12)14-6-5-11(9-15)8-13(14)16/h5-6,8,12H,2-4,7,9-10H2,1H3. The number of piperidine rings is 1. The number of nitrogens with zero attached hydrogens (tertiary/aromatic N) is 1. The third-order valence-corrected chi connectivity index (χ3v) is 3.60. The summed E-state index contributed by atoms with van der Waals surface area (Å²) < 4.78 is 19.6. The number of rotatable bonds is 4. The van der Waals surface area contributed by atoms with Crippen LogP contribution in [0.4, 0.5) is 10.1 Å². The molecule has 1 aromatic rings. The molecule has 1 aromatic carbocycles. The van der Waals surface area contributed by atoms with E-state index in [0.29, 0.717) is 18.2 Å². The lowest BCUT2D eigenvalue weighted by molar-refractivity contribution is 0.0525. The van der Waals surface area contributed by atoms with E-state index in [4.69, 9.17) is 16.3 Å². The van der Waals surface area contributed by atoms with Crippen LogP contribution < -0.4 is 4.90 Å². The number of alkyl halides is 1. The normalized spacial score (nSPS) is 20.2. The van der Waals surface area contributed by atoms with Crippen molar-refractivity contribution in [2.75, 3.05) is 24.6 Å². The highest BCUT2D eigenvalue weighted by atomic mass is 35.5. The quantitative estimate of drug-likeness (QED) is 0.777. The van der Waals surface area contributed by atoms with Crippen LogP contribution in [-0.2, 0) is 10.6 Å². The van der Waals surface area contributed by atoms with Crippen LogP contribution in [0.5, 0.6) is 0 Å². The summed E-state index contributed by atoms with van der Waals surface area (Å²) in [5.74, 6) is 0.156. The molecular weight excluding hydrogens is 253 g/mol. The summed E-state index contributed by atoms with van der Waals surface area (Å²) in [7, 11) is 0. The minimum Gasteiger partial charge on any atom is -0.377 e. The van der Waals surface area contributed by atoms with Gasteiger partial charge in [-0.05, 0) is 37.5 Å². The smallest absolute Gasteiger partial charge is 0.146 e. The fourth-order valence-corrected chi connectivity index (χ4v) is 2.58. The topological polar surface area (TPSA) is 12.5 Å². The van der Waals surface area contributed by atoms with Crippen LogP contribution in [0, 0.1) is 5.82 Å². The number of ether oxygens (including phenoxy) is 1. The Morgan fingerprint density at radius 2 is 2.33 bits per heavy atom. The molecule has 0 amide bonds. The van der Waals surface area contributed by atoms with Gasteiger partial charge in [-0.3, -0.25) is 0 Å². The van der Waals surface area contributed by atoms with Crippen LogP contribution in [0.15, 0.2) is 18.2 Å². The molecule has 1 aliphatic rings. The molecule has 0 bridgehead atoms. The summed E-state index contributed by atoms with van der Waals surface area (Å²) in [5, 5.41) is 0. The summed E-state index contributed by atoms with van der Waals surface area (Å²) in [6.07, 6.45) is 2.32. The van der Waals surface area contributed by atoms with E-state index in [1.807, 2.05) is 19.1 Å². The second-order valence-electron chi connectivity index (χ2n) is 4.58. The second kappa shape index (κ2) is 6.39. The van der Waals surface area contributed by atoms with Crippen LogP contribution in [0.1, 0.15) is 25.3 Å². The summed E-state index contributed by atoms with van der Waals surface area (Å²) in [5.41, 5.74) is 1.48. The lowest BCUT2D eigenvalue weighted by Gasteiger charge is -2.34. The van der Waals surface area contributed by atoms with Gasteiger partial charge in [0.2, 0.25) is 0 Å². The highest BCUT2D eigenvalue weighted by Crippen LogP contribution is 2.25. The Hall–Kier alpha value is -0.800. The van der Waals surface area contributed by atoms with Crippen molar-refractivity contribution in [1.82, 2.24) is 0 Å². The first kappa shape index (κ1) is 13.6. The molecule has 1 aliphatic heterocycles. The zero-order valence-electron chi connectivity index (χ0n) is 10.7. The molecule has 1 saturated heterocycles. The van der Waals surface area contributed by atoms with Crippen molar-refractivity contribution in [3.05, 3.63) is 29.6 Å². The van der Waals surface area contributed by atoms with Gasteiger partial charge in [-0.2, -0.15) is 0 Å². The van der Waals surface area contributed by atoms with Gasteiger partial charge in [0.1, 0.15) is 5.82 Å². The molecule has 0 N–H and O–H groups in total. The molecule has 0 aliphatic carbocycles. The summed E-state index contributed by atoms with van der Waals surface area (Å²) in [4.78, 5) is 2.07. The molecule has 0 aromatic heterocycles. The van der Waals surface area contributed by atoms with Gasteiger partial charge in [0.15, 0.2) is 0 Å². The van der Waals surface area contributed by atoms with Crippen molar-refractivity contribution in [1.29, 1.82) is 0 Å². The summed E-state index contributed by atoms with van der Waals surface area (Å²) in [6, 6.07) is 5.23. The number of hydrogen-bond donors (Lipinski definition) is 0. The maximum atomic E-state index is 14.0. The molecule has 1 heterocycles. The predicted octanol–water partition coefficient (Wildman–Crippen LogP) is 3.57. The lowest BCUT2D eigenvalue weighted by atomic mass is 10.1.